The van der Waals surface area contributed by atoms with Crippen molar-refractivity contribution in [2.45, 2.75) is 33.0 Å². The molecule has 2 atom stereocenters. The van der Waals surface area contributed by atoms with Gasteiger partial charge in [0, 0.05) is 32.4 Å². The molecular weight excluding hydrogens is 358 g/mol. The molecule has 2 saturated heterocycles. The second kappa shape index (κ2) is 7.09. The Bertz CT molecular complexity index is 839. The number of hydrogen-bond donors (Lipinski definition) is 0. The topological polar surface area (TPSA) is 68.7 Å². The Morgan fingerprint density at radius 3 is 2.71 bits per heavy atom. The maximum absolute atomic E-state index is 13.1. The van der Waals surface area contributed by atoms with Gasteiger partial charge in [-0.1, -0.05) is 17.7 Å². The summed E-state index contributed by atoms with van der Waals surface area (Å²) in [6.07, 6.45) is -0.480. The first kappa shape index (κ1) is 18.7. The average molecular weight is 385 g/mol. The van der Waals surface area contributed by atoms with Gasteiger partial charge in [-0.2, -0.15) is 0 Å². The van der Waals surface area contributed by atoms with Gasteiger partial charge in [0.05, 0.1) is 13.2 Å². The molecule has 3 aliphatic heterocycles. The number of amides is 3. The molecule has 0 spiro atoms. The Labute approximate surface area is 165 Å². The summed E-state index contributed by atoms with van der Waals surface area (Å²) >= 11 is 0. The summed E-state index contributed by atoms with van der Waals surface area (Å²) in [5.74, 6) is 0.593. The molecule has 150 valence electrons. The number of likely N-dealkylation sites (N-methyl/N-ethyl adjacent to an activating group) is 1. The van der Waals surface area contributed by atoms with Crippen LogP contribution in [0.15, 0.2) is 23.2 Å². The van der Waals surface area contributed by atoms with Crippen molar-refractivity contribution in [3.8, 4) is 0 Å². The van der Waals surface area contributed by atoms with Crippen molar-refractivity contribution in [2.75, 3.05) is 44.8 Å². The number of rotatable bonds is 5. The Kier molecular flexibility index (Phi) is 4.74. The molecule has 1 aromatic rings. The van der Waals surface area contributed by atoms with Crippen molar-refractivity contribution < 1.29 is 14.3 Å². The Hall–Kier alpha value is -2.61. The first-order valence-corrected chi connectivity index (χ1v) is 9.79. The highest BCUT2D eigenvalue weighted by molar-refractivity contribution is 6.08. The minimum Gasteiger partial charge on any atom is -0.380 e. The zero-order valence-corrected chi connectivity index (χ0v) is 16.9. The highest BCUT2D eigenvalue weighted by Gasteiger charge is 2.54. The number of fused-ring (bicyclic) bond motifs is 3. The van der Waals surface area contributed by atoms with E-state index in [1.807, 2.05) is 11.8 Å². The Morgan fingerprint density at radius 2 is 2.00 bits per heavy atom. The van der Waals surface area contributed by atoms with Gasteiger partial charge in [-0.3, -0.25) is 9.69 Å². The van der Waals surface area contributed by atoms with Crippen molar-refractivity contribution in [1.82, 2.24) is 14.7 Å². The van der Waals surface area contributed by atoms with E-state index < -0.39 is 12.2 Å². The van der Waals surface area contributed by atoms with E-state index in [0.29, 0.717) is 19.8 Å². The van der Waals surface area contributed by atoms with E-state index in [4.69, 9.17) is 9.73 Å². The van der Waals surface area contributed by atoms with Crippen LogP contribution in [0.25, 0.3) is 0 Å². The van der Waals surface area contributed by atoms with Crippen LogP contribution in [0.4, 0.5) is 10.5 Å². The normalized spacial score (nSPS) is 24.1. The van der Waals surface area contributed by atoms with Gasteiger partial charge in [0.2, 0.25) is 5.96 Å². The number of guanidine groups is 1. The predicted octanol–water partition coefficient (Wildman–Crippen LogP) is 1.42. The third-order valence-electron chi connectivity index (χ3n) is 5.68. The zero-order chi connectivity index (χ0) is 20.0. The summed E-state index contributed by atoms with van der Waals surface area (Å²) < 4.78 is 5.35. The number of urea groups is 1. The van der Waals surface area contributed by atoms with Crippen molar-refractivity contribution in [3.63, 3.8) is 0 Å². The maximum atomic E-state index is 13.1. The quantitative estimate of drug-likeness (QED) is 0.717. The summed E-state index contributed by atoms with van der Waals surface area (Å²) in [5, 5.41) is 0. The van der Waals surface area contributed by atoms with E-state index in [9.17, 15) is 9.59 Å². The molecule has 8 heteroatoms. The second-order valence-corrected chi connectivity index (χ2v) is 7.50. The third-order valence-corrected chi connectivity index (χ3v) is 5.68. The number of ether oxygens (including phenoxy) is 1. The summed E-state index contributed by atoms with van der Waals surface area (Å²) in [5.41, 5.74) is 3.48. The monoisotopic (exact) mass is 385 g/mol. The molecule has 0 bridgehead atoms. The Morgan fingerprint density at radius 1 is 1.21 bits per heavy atom. The number of imide groups is 1. The minimum atomic E-state index is -0.480. The SMILES string of the molecule is CCOCCN1C(=O)C2C(N=C3N(c4ccc(C)cc4C)CCN32)N(C)C1=O. The van der Waals surface area contributed by atoms with Gasteiger partial charge in [0.25, 0.3) is 5.91 Å². The molecule has 28 heavy (non-hydrogen) atoms. The van der Waals surface area contributed by atoms with Crippen LogP contribution >= 0.6 is 0 Å². The summed E-state index contributed by atoms with van der Waals surface area (Å²) in [7, 11) is 1.72. The molecule has 0 aliphatic carbocycles. The molecule has 0 saturated carbocycles. The van der Waals surface area contributed by atoms with E-state index in [2.05, 4.69) is 36.9 Å². The number of nitrogens with zero attached hydrogens (tertiary/aromatic N) is 5. The van der Waals surface area contributed by atoms with Crippen LogP contribution in [0.2, 0.25) is 0 Å². The fourth-order valence-corrected chi connectivity index (χ4v) is 4.28. The largest absolute Gasteiger partial charge is 0.380 e. The number of benzene rings is 1. The van der Waals surface area contributed by atoms with Crippen LogP contribution in [0.3, 0.4) is 0 Å². The van der Waals surface area contributed by atoms with Crippen LogP contribution in [0.5, 0.6) is 0 Å². The van der Waals surface area contributed by atoms with Crippen LogP contribution < -0.4 is 4.90 Å². The molecule has 3 amide bonds. The zero-order valence-electron chi connectivity index (χ0n) is 16.9. The molecule has 2 unspecified atom stereocenters. The van der Waals surface area contributed by atoms with E-state index in [1.54, 1.807) is 11.9 Å². The fraction of sp³-hybridized carbons (Fsp3) is 0.550. The Balaban J connectivity index is 1.61. The van der Waals surface area contributed by atoms with Crippen molar-refractivity contribution in [3.05, 3.63) is 29.3 Å². The summed E-state index contributed by atoms with van der Waals surface area (Å²) in [4.78, 5) is 37.7. The van der Waals surface area contributed by atoms with Crippen molar-refractivity contribution in [1.29, 1.82) is 0 Å². The smallest absolute Gasteiger partial charge is 0.328 e. The van der Waals surface area contributed by atoms with E-state index >= 15 is 0 Å². The lowest BCUT2D eigenvalue weighted by Gasteiger charge is -2.40. The molecule has 3 heterocycles. The number of aryl methyl sites for hydroxylation is 2. The second-order valence-electron chi connectivity index (χ2n) is 7.50. The maximum Gasteiger partial charge on any atom is 0.328 e. The summed E-state index contributed by atoms with van der Waals surface area (Å²) in [6.45, 7) is 8.71. The van der Waals surface area contributed by atoms with Crippen LogP contribution in [-0.2, 0) is 9.53 Å². The van der Waals surface area contributed by atoms with Crippen LogP contribution in [0.1, 0.15) is 18.1 Å². The molecule has 0 radical (unpaired) electrons. The molecule has 3 aliphatic rings. The molecule has 2 fully saturated rings. The van der Waals surface area contributed by atoms with Crippen molar-refractivity contribution >= 4 is 23.6 Å². The van der Waals surface area contributed by atoms with Crippen LogP contribution in [0, 0.1) is 13.8 Å². The van der Waals surface area contributed by atoms with Gasteiger partial charge in [-0.15, -0.1) is 0 Å². The highest BCUT2D eigenvalue weighted by atomic mass is 16.5. The molecule has 0 aromatic heterocycles. The highest BCUT2D eigenvalue weighted by Crippen LogP contribution is 2.34. The summed E-state index contributed by atoms with van der Waals surface area (Å²) in [6, 6.07) is 5.56. The van der Waals surface area contributed by atoms with Gasteiger partial charge in [0.15, 0.2) is 12.2 Å². The first-order valence-electron chi connectivity index (χ1n) is 9.79. The third kappa shape index (κ3) is 2.83. The number of carbonyl (C=O) groups excluding carboxylic acids is 2. The molecule has 8 nitrogen and oxygen atoms in total. The number of carbonyl (C=O) groups is 2. The first-order chi connectivity index (χ1) is 13.4. The van der Waals surface area contributed by atoms with Gasteiger partial charge in [0.1, 0.15) is 0 Å². The molecular formula is C20H27N5O3. The lowest BCUT2D eigenvalue weighted by atomic mass is 10.1. The van der Waals surface area contributed by atoms with Crippen LogP contribution in [-0.4, -0.2) is 84.7 Å². The fourth-order valence-electron chi connectivity index (χ4n) is 4.28. The lowest BCUT2D eigenvalue weighted by molar-refractivity contribution is -0.138. The van der Waals surface area contributed by atoms with E-state index in [1.165, 1.54) is 16.0 Å². The number of hydrogen-bond acceptors (Lipinski definition) is 6. The molecule has 1 aromatic carbocycles. The minimum absolute atomic E-state index is 0.186. The standard InChI is InChI=1S/C20H27N5O3/c1-5-28-11-10-25-18(26)16-17(22(4)20(25)27)21-19-23(8-9-24(16)19)15-7-6-13(2)12-14(15)3/h6-7,12,16-17H,5,8-11H2,1-4H3. The van der Waals surface area contributed by atoms with E-state index in [-0.39, 0.29) is 18.5 Å². The number of anilines is 1. The predicted molar refractivity (Wildman–Crippen MR) is 106 cm³/mol. The van der Waals surface area contributed by atoms with E-state index in [0.717, 1.165) is 18.2 Å². The van der Waals surface area contributed by atoms with Gasteiger partial charge < -0.3 is 19.4 Å². The number of aliphatic imine (C=N–C) groups is 1. The van der Waals surface area contributed by atoms with Gasteiger partial charge in [-0.25, -0.2) is 9.79 Å². The van der Waals surface area contributed by atoms with Crippen molar-refractivity contribution in [2.24, 2.45) is 4.99 Å². The average Bonchev–Trinajstić information content (AvgIpc) is 3.22. The molecule has 0 N–H and O–H groups in total. The lowest BCUT2D eigenvalue weighted by Crippen LogP contribution is -2.65. The molecule has 4 rings (SSSR count). The van der Waals surface area contributed by atoms with Gasteiger partial charge >= 0.3 is 6.03 Å². The van der Waals surface area contributed by atoms with Gasteiger partial charge in [-0.05, 0) is 32.4 Å².